The van der Waals surface area contributed by atoms with Crippen molar-refractivity contribution in [2.75, 3.05) is 7.11 Å². The molecule has 0 aliphatic rings. The Balaban J connectivity index is 3.03. The van der Waals surface area contributed by atoms with E-state index in [2.05, 4.69) is 16.8 Å². The van der Waals surface area contributed by atoms with E-state index >= 15 is 0 Å². The summed E-state index contributed by atoms with van der Waals surface area (Å²) in [4.78, 5) is 9.21. The highest BCUT2D eigenvalue weighted by molar-refractivity contribution is 4.49. The van der Waals surface area contributed by atoms with E-state index in [0.29, 0.717) is 0 Å². The minimum absolute atomic E-state index is 0.126. The molecule has 0 heterocycles. The van der Waals surface area contributed by atoms with Gasteiger partial charge in [-0.15, -0.1) is 0 Å². The second kappa shape index (κ2) is 9.96. The van der Waals surface area contributed by atoms with E-state index < -0.39 is 0 Å². The van der Waals surface area contributed by atoms with Gasteiger partial charge in [0.2, 0.25) is 0 Å². The van der Waals surface area contributed by atoms with Crippen LogP contribution in [0.25, 0.3) is 0 Å². The van der Waals surface area contributed by atoms with Gasteiger partial charge in [-0.25, -0.2) is 9.78 Å². The Kier molecular flexibility index (Phi) is 9.87. The Morgan fingerprint density at radius 3 is 2.38 bits per heavy atom. The molecule has 0 bridgehead atoms. The van der Waals surface area contributed by atoms with E-state index in [1.54, 1.807) is 0 Å². The number of rotatable bonds is 9. The molecule has 3 heteroatoms. The Labute approximate surface area is 81.2 Å². The average Bonchev–Trinajstić information content (AvgIpc) is 2.14. The van der Waals surface area contributed by atoms with Gasteiger partial charge < -0.3 is 0 Å². The monoisotopic (exact) mass is 190 g/mol. The van der Waals surface area contributed by atoms with Crippen molar-refractivity contribution in [1.29, 1.82) is 0 Å². The number of unbranched alkanes of at least 4 members (excludes halogenated alkanes) is 4. The summed E-state index contributed by atoms with van der Waals surface area (Å²) >= 11 is 0. The van der Waals surface area contributed by atoms with Crippen LogP contribution < -0.4 is 0 Å². The largest absolute Gasteiger partial charge is 0.210 e. The summed E-state index contributed by atoms with van der Waals surface area (Å²) in [5, 5.41) is 4.37. The molecule has 0 aromatic heterocycles. The van der Waals surface area contributed by atoms with Crippen molar-refractivity contribution in [3.63, 3.8) is 0 Å². The fourth-order valence-corrected chi connectivity index (χ4v) is 1.19. The first kappa shape index (κ1) is 12.9. The van der Waals surface area contributed by atoms with Gasteiger partial charge in [-0.3, -0.25) is 0 Å². The maximum atomic E-state index is 4.88. The predicted octanol–water partition coefficient (Wildman–Crippen LogP) is 3.25. The van der Waals surface area contributed by atoms with Gasteiger partial charge in [0.1, 0.15) is 0 Å². The maximum absolute atomic E-state index is 4.88. The quantitative estimate of drug-likeness (QED) is 0.317. The van der Waals surface area contributed by atoms with Gasteiger partial charge >= 0.3 is 0 Å². The summed E-state index contributed by atoms with van der Waals surface area (Å²) < 4.78 is 0. The number of hydrogen-bond acceptors (Lipinski definition) is 3. The van der Waals surface area contributed by atoms with Gasteiger partial charge in [-0.2, -0.15) is 0 Å². The highest BCUT2D eigenvalue weighted by Crippen LogP contribution is 2.09. The van der Waals surface area contributed by atoms with E-state index in [1.165, 1.54) is 39.2 Å². The molecule has 0 rings (SSSR count). The van der Waals surface area contributed by atoms with Gasteiger partial charge in [-0.1, -0.05) is 44.1 Å². The van der Waals surface area contributed by atoms with Crippen molar-refractivity contribution >= 4 is 0 Å². The highest BCUT2D eigenvalue weighted by atomic mass is 17.5. The molecule has 0 fully saturated rings. The van der Waals surface area contributed by atoms with E-state index in [1.807, 2.05) is 6.92 Å². The van der Waals surface area contributed by atoms with Crippen molar-refractivity contribution in [1.82, 2.24) is 0 Å². The summed E-state index contributed by atoms with van der Waals surface area (Å²) in [7, 11) is 1.44. The van der Waals surface area contributed by atoms with Crippen molar-refractivity contribution < 1.29 is 14.8 Å². The molecule has 3 nitrogen and oxygen atoms in total. The third-order valence-corrected chi connectivity index (χ3v) is 1.99. The van der Waals surface area contributed by atoms with Crippen LogP contribution in [0.15, 0.2) is 0 Å². The lowest BCUT2D eigenvalue weighted by Crippen LogP contribution is -2.08. The van der Waals surface area contributed by atoms with Crippen LogP contribution in [0.2, 0.25) is 0 Å². The summed E-state index contributed by atoms with van der Waals surface area (Å²) in [6.07, 6.45) is 7.61. The van der Waals surface area contributed by atoms with E-state index in [0.717, 1.165) is 6.42 Å². The lowest BCUT2D eigenvalue weighted by atomic mass is 10.1. The SMILES string of the molecule is CCCCCCCC(C)OOOC. The van der Waals surface area contributed by atoms with Crippen LogP contribution >= 0.6 is 0 Å². The highest BCUT2D eigenvalue weighted by Gasteiger charge is 2.02. The molecule has 1 atom stereocenters. The fraction of sp³-hybridized carbons (Fsp3) is 1.00. The molecule has 0 amide bonds. The Bertz CT molecular complexity index is 96.2. The normalized spacial score (nSPS) is 13.2. The topological polar surface area (TPSA) is 27.7 Å². The third-order valence-electron chi connectivity index (χ3n) is 1.99. The molecule has 13 heavy (non-hydrogen) atoms. The van der Waals surface area contributed by atoms with Gasteiger partial charge in [0, 0.05) is 0 Å². The van der Waals surface area contributed by atoms with Crippen molar-refractivity contribution in [2.45, 2.75) is 58.5 Å². The summed E-state index contributed by atoms with van der Waals surface area (Å²) in [6, 6.07) is 0. The molecule has 0 aliphatic heterocycles. The smallest absolute Gasteiger partial charge is 0.0933 e. The molecule has 0 aromatic carbocycles. The van der Waals surface area contributed by atoms with Crippen molar-refractivity contribution in [3.05, 3.63) is 0 Å². The molecule has 0 saturated carbocycles. The van der Waals surface area contributed by atoms with Crippen LogP contribution in [-0.4, -0.2) is 13.2 Å². The zero-order chi connectivity index (χ0) is 9.94. The number of hydrogen-bond donors (Lipinski definition) is 0. The Morgan fingerprint density at radius 2 is 1.77 bits per heavy atom. The van der Waals surface area contributed by atoms with Crippen LogP contribution in [-0.2, 0) is 14.8 Å². The van der Waals surface area contributed by atoms with E-state index in [9.17, 15) is 0 Å². The van der Waals surface area contributed by atoms with Gasteiger partial charge in [-0.05, 0) is 13.3 Å². The van der Waals surface area contributed by atoms with Gasteiger partial charge in [0.15, 0.2) is 0 Å². The molecule has 0 radical (unpaired) electrons. The zero-order valence-electron chi connectivity index (χ0n) is 9.04. The van der Waals surface area contributed by atoms with Crippen molar-refractivity contribution in [3.8, 4) is 0 Å². The minimum atomic E-state index is 0.126. The van der Waals surface area contributed by atoms with Crippen molar-refractivity contribution in [2.24, 2.45) is 0 Å². The molecule has 0 saturated heterocycles. The van der Waals surface area contributed by atoms with E-state index in [-0.39, 0.29) is 6.10 Å². The van der Waals surface area contributed by atoms with Gasteiger partial charge in [0.25, 0.3) is 0 Å². The third kappa shape index (κ3) is 9.80. The van der Waals surface area contributed by atoms with Gasteiger partial charge in [0.05, 0.1) is 13.2 Å². The lowest BCUT2D eigenvalue weighted by molar-refractivity contribution is -0.515. The first-order chi connectivity index (χ1) is 6.31. The first-order valence-corrected chi connectivity index (χ1v) is 5.17. The molecular weight excluding hydrogens is 168 g/mol. The lowest BCUT2D eigenvalue weighted by Gasteiger charge is -2.08. The molecule has 80 valence electrons. The molecule has 0 aliphatic carbocycles. The molecule has 0 aromatic rings. The van der Waals surface area contributed by atoms with Crippen LogP contribution in [0.4, 0.5) is 0 Å². The molecule has 0 N–H and O–H groups in total. The minimum Gasteiger partial charge on any atom is -0.210 e. The second-order valence-corrected chi connectivity index (χ2v) is 3.34. The van der Waals surface area contributed by atoms with Crippen LogP contribution in [0.3, 0.4) is 0 Å². The van der Waals surface area contributed by atoms with Crippen LogP contribution in [0.5, 0.6) is 0 Å². The average molecular weight is 190 g/mol. The summed E-state index contributed by atoms with van der Waals surface area (Å²) in [5.74, 6) is 0. The molecule has 0 spiro atoms. The molecular formula is C10H22O3. The summed E-state index contributed by atoms with van der Waals surface area (Å²) in [6.45, 7) is 4.21. The standard InChI is InChI=1S/C10H22O3/c1-4-5-6-7-8-9-10(2)12-13-11-3/h10H,4-9H2,1-3H3. The Morgan fingerprint density at radius 1 is 1.08 bits per heavy atom. The fourth-order valence-electron chi connectivity index (χ4n) is 1.19. The zero-order valence-corrected chi connectivity index (χ0v) is 9.04. The molecule has 1 unspecified atom stereocenters. The maximum Gasteiger partial charge on any atom is 0.0933 e. The van der Waals surface area contributed by atoms with Crippen LogP contribution in [0.1, 0.15) is 52.4 Å². The van der Waals surface area contributed by atoms with Crippen LogP contribution in [0, 0.1) is 0 Å². The Hall–Kier alpha value is -0.120. The van der Waals surface area contributed by atoms with E-state index in [4.69, 9.17) is 4.89 Å². The summed E-state index contributed by atoms with van der Waals surface area (Å²) in [5.41, 5.74) is 0. The predicted molar refractivity (Wildman–Crippen MR) is 52.0 cm³/mol. The second-order valence-electron chi connectivity index (χ2n) is 3.34. The first-order valence-electron chi connectivity index (χ1n) is 5.17.